The molecule has 0 unspecified atom stereocenters. The summed E-state index contributed by atoms with van der Waals surface area (Å²) >= 11 is 5.34. The van der Waals surface area contributed by atoms with Crippen LogP contribution in [0.4, 0.5) is 4.39 Å². The number of halogens is 1. The van der Waals surface area contributed by atoms with Gasteiger partial charge in [-0.1, -0.05) is 6.07 Å². The first-order valence-corrected chi connectivity index (χ1v) is 6.45. The first-order valence-electron chi connectivity index (χ1n) is 6.04. The number of hydrogen-bond acceptors (Lipinski definition) is 1. The summed E-state index contributed by atoms with van der Waals surface area (Å²) < 4.78 is 15.9. The predicted molar refractivity (Wildman–Crippen MR) is 77.9 cm³/mol. The van der Waals surface area contributed by atoms with E-state index in [9.17, 15) is 4.39 Å². The van der Waals surface area contributed by atoms with Crippen LogP contribution in [0.3, 0.4) is 0 Å². The van der Waals surface area contributed by atoms with E-state index in [0.29, 0.717) is 4.77 Å². The Morgan fingerprint density at radius 3 is 2.58 bits per heavy atom. The average Bonchev–Trinajstić information content (AvgIpc) is 2.68. The molecule has 0 spiro atoms. The molecule has 3 rings (SSSR count). The van der Waals surface area contributed by atoms with Crippen LogP contribution < -0.4 is 0 Å². The van der Waals surface area contributed by atoms with Crippen molar-refractivity contribution in [3.05, 3.63) is 58.1 Å². The van der Waals surface area contributed by atoms with Gasteiger partial charge < -0.3 is 4.98 Å². The number of imidazole rings is 1. The molecule has 1 heterocycles. The third-order valence-corrected chi connectivity index (χ3v) is 3.68. The average molecular weight is 272 g/mol. The second kappa shape index (κ2) is 4.31. The Labute approximate surface area is 115 Å². The summed E-state index contributed by atoms with van der Waals surface area (Å²) in [6, 6.07) is 10.7. The number of rotatable bonds is 1. The molecule has 0 saturated carbocycles. The van der Waals surface area contributed by atoms with Crippen molar-refractivity contribution in [1.82, 2.24) is 9.55 Å². The Morgan fingerprint density at radius 2 is 1.84 bits per heavy atom. The number of aromatic nitrogens is 2. The molecule has 1 N–H and O–H groups in total. The van der Waals surface area contributed by atoms with E-state index >= 15 is 0 Å². The highest BCUT2D eigenvalue weighted by Gasteiger charge is 2.08. The minimum atomic E-state index is -0.265. The lowest BCUT2D eigenvalue weighted by atomic mass is 10.1. The second-order valence-corrected chi connectivity index (χ2v) is 5.08. The number of hydrogen-bond donors (Lipinski definition) is 1. The van der Waals surface area contributed by atoms with Crippen LogP contribution in [0.25, 0.3) is 16.7 Å². The standard InChI is InChI=1S/C15H13FN2S/c1-9-3-5-12(7-10(9)2)18-14-8-11(16)4-6-13(14)17-15(18)19/h3-8H,1-2H3,(H,17,19). The molecule has 0 aliphatic carbocycles. The van der Waals surface area contributed by atoms with Gasteiger partial charge in [-0.25, -0.2) is 4.39 Å². The minimum absolute atomic E-state index is 0.265. The van der Waals surface area contributed by atoms with Crippen molar-refractivity contribution in [2.75, 3.05) is 0 Å². The zero-order chi connectivity index (χ0) is 13.6. The number of fused-ring (bicyclic) bond motifs is 1. The molecule has 0 fully saturated rings. The van der Waals surface area contributed by atoms with E-state index in [1.165, 1.54) is 23.3 Å². The monoisotopic (exact) mass is 272 g/mol. The lowest BCUT2D eigenvalue weighted by molar-refractivity contribution is 0.629. The van der Waals surface area contributed by atoms with Crippen molar-refractivity contribution in [3.63, 3.8) is 0 Å². The molecule has 19 heavy (non-hydrogen) atoms. The second-order valence-electron chi connectivity index (χ2n) is 4.70. The van der Waals surface area contributed by atoms with Crippen LogP contribution in [-0.2, 0) is 0 Å². The van der Waals surface area contributed by atoms with E-state index in [-0.39, 0.29) is 5.82 Å². The highest BCUT2D eigenvalue weighted by molar-refractivity contribution is 7.71. The fourth-order valence-corrected chi connectivity index (χ4v) is 2.51. The molecule has 0 atom stereocenters. The van der Waals surface area contributed by atoms with E-state index in [1.54, 1.807) is 6.07 Å². The molecule has 1 aromatic heterocycles. The van der Waals surface area contributed by atoms with Crippen LogP contribution in [-0.4, -0.2) is 9.55 Å². The Bertz CT molecular complexity index is 830. The van der Waals surface area contributed by atoms with Crippen LogP contribution in [0.5, 0.6) is 0 Å². The summed E-state index contributed by atoms with van der Waals surface area (Å²) in [4.78, 5) is 3.10. The normalized spacial score (nSPS) is 11.1. The minimum Gasteiger partial charge on any atom is -0.330 e. The highest BCUT2D eigenvalue weighted by atomic mass is 32.1. The Kier molecular flexibility index (Phi) is 2.75. The van der Waals surface area contributed by atoms with Crippen LogP contribution >= 0.6 is 12.2 Å². The molecular weight excluding hydrogens is 259 g/mol. The first kappa shape index (κ1) is 12.1. The van der Waals surface area contributed by atoms with Gasteiger partial charge in [0, 0.05) is 11.8 Å². The van der Waals surface area contributed by atoms with Gasteiger partial charge in [0.15, 0.2) is 4.77 Å². The molecule has 0 bridgehead atoms. The third-order valence-electron chi connectivity index (χ3n) is 3.39. The number of nitrogens with one attached hydrogen (secondary N) is 1. The van der Waals surface area contributed by atoms with Crippen LogP contribution in [0, 0.1) is 24.4 Å². The van der Waals surface area contributed by atoms with E-state index in [1.807, 2.05) is 16.7 Å². The summed E-state index contributed by atoms with van der Waals surface area (Å²) in [5.41, 5.74) is 4.95. The number of H-pyrrole nitrogens is 1. The maximum atomic E-state index is 13.4. The molecule has 2 aromatic carbocycles. The zero-order valence-electron chi connectivity index (χ0n) is 10.7. The molecule has 2 nitrogen and oxygen atoms in total. The topological polar surface area (TPSA) is 20.7 Å². The van der Waals surface area contributed by atoms with Gasteiger partial charge in [-0.3, -0.25) is 4.57 Å². The summed E-state index contributed by atoms with van der Waals surface area (Å²) in [7, 11) is 0. The highest BCUT2D eigenvalue weighted by Crippen LogP contribution is 2.22. The largest absolute Gasteiger partial charge is 0.330 e. The van der Waals surface area contributed by atoms with Crippen molar-refractivity contribution >= 4 is 23.3 Å². The van der Waals surface area contributed by atoms with Crippen LogP contribution in [0.2, 0.25) is 0 Å². The van der Waals surface area contributed by atoms with Crippen molar-refractivity contribution in [1.29, 1.82) is 0 Å². The number of nitrogens with zero attached hydrogens (tertiary/aromatic N) is 1. The van der Waals surface area contributed by atoms with Crippen LogP contribution in [0.15, 0.2) is 36.4 Å². The summed E-state index contributed by atoms with van der Waals surface area (Å²) in [5.74, 6) is -0.265. The molecular formula is C15H13FN2S. The van der Waals surface area contributed by atoms with Crippen LogP contribution in [0.1, 0.15) is 11.1 Å². The molecule has 96 valence electrons. The molecule has 0 amide bonds. The van der Waals surface area contributed by atoms with Gasteiger partial charge in [0.2, 0.25) is 0 Å². The van der Waals surface area contributed by atoms with Crippen molar-refractivity contribution < 1.29 is 4.39 Å². The maximum absolute atomic E-state index is 13.4. The Morgan fingerprint density at radius 1 is 1.05 bits per heavy atom. The third kappa shape index (κ3) is 1.98. The molecule has 0 aliphatic heterocycles. The van der Waals surface area contributed by atoms with Gasteiger partial charge in [-0.2, -0.15) is 0 Å². The van der Waals surface area contributed by atoms with E-state index in [0.717, 1.165) is 16.7 Å². The van der Waals surface area contributed by atoms with Gasteiger partial charge in [-0.15, -0.1) is 0 Å². The number of benzene rings is 2. The number of aryl methyl sites for hydroxylation is 2. The summed E-state index contributed by atoms with van der Waals surface area (Å²) in [6.07, 6.45) is 0. The van der Waals surface area contributed by atoms with Gasteiger partial charge in [0.25, 0.3) is 0 Å². The lowest BCUT2D eigenvalue weighted by Gasteiger charge is -2.07. The van der Waals surface area contributed by atoms with Gasteiger partial charge in [0.05, 0.1) is 11.0 Å². The van der Waals surface area contributed by atoms with Crippen molar-refractivity contribution in [2.45, 2.75) is 13.8 Å². The predicted octanol–water partition coefficient (Wildman–Crippen LogP) is 4.44. The summed E-state index contributed by atoms with van der Waals surface area (Å²) in [6.45, 7) is 4.12. The van der Waals surface area contributed by atoms with Gasteiger partial charge in [0.1, 0.15) is 5.82 Å². The smallest absolute Gasteiger partial charge is 0.182 e. The quantitative estimate of drug-likeness (QED) is 0.649. The molecule has 3 aromatic rings. The van der Waals surface area contributed by atoms with Crippen molar-refractivity contribution in [3.8, 4) is 5.69 Å². The molecule has 0 radical (unpaired) electrons. The fraction of sp³-hybridized carbons (Fsp3) is 0.133. The Hall–Kier alpha value is -1.94. The lowest BCUT2D eigenvalue weighted by Crippen LogP contribution is -1.95. The van der Waals surface area contributed by atoms with E-state index in [2.05, 4.69) is 24.9 Å². The molecule has 4 heteroatoms. The van der Waals surface area contributed by atoms with Gasteiger partial charge >= 0.3 is 0 Å². The zero-order valence-corrected chi connectivity index (χ0v) is 11.5. The maximum Gasteiger partial charge on any atom is 0.182 e. The number of aromatic amines is 1. The molecule has 0 aliphatic rings. The fourth-order valence-electron chi connectivity index (χ4n) is 2.20. The first-order chi connectivity index (χ1) is 9.06. The van der Waals surface area contributed by atoms with E-state index in [4.69, 9.17) is 12.2 Å². The summed E-state index contributed by atoms with van der Waals surface area (Å²) in [5, 5.41) is 0. The SMILES string of the molecule is Cc1ccc(-n2c(=S)[nH]c3ccc(F)cc32)cc1C. The van der Waals surface area contributed by atoms with E-state index < -0.39 is 0 Å². The van der Waals surface area contributed by atoms with Gasteiger partial charge in [-0.05, 0) is 61.5 Å². The molecule has 0 saturated heterocycles. The Balaban J connectivity index is 2.35. The van der Waals surface area contributed by atoms with Crippen molar-refractivity contribution in [2.24, 2.45) is 0 Å².